The predicted octanol–water partition coefficient (Wildman–Crippen LogP) is 3.83. The van der Waals surface area contributed by atoms with Crippen LogP contribution < -0.4 is 5.73 Å². The van der Waals surface area contributed by atoms with Gasteiger partial charge in [0.2, 0.25) is 0 Å². The molecule has 1 heterocycles. The molecule has 0 radical (unpaired) electrons. The molecule has 27 heavy (non-hydrogen) atoms. The van der Waals surface area contributed by atoms with Crippen LogP contribution in [0.4, 0.5) is 5.82 Å². The van der Waals surface area contributed by atoms with Crippen molar-refractivity contribution in [3.8, 4) is 33.9 Å². The van der Waals surface area contributed by atoms with Gasteiger partial charge in [-0.25, -0.2) is 9.97 Å². The molecule has 0 spiro atoms. The Morgan fingerprint density at radius 2 is 1.59 bits per heavy atom. The van der Waals surface area contributed by atoms with Crippen LogP contribution in [0.2, 0.25) is 0 Å². The lowest BCUT2D eigenvalue weighted by Crippen LogP contribution is -1.93. The van der Waals surface area contributed by atoms with E-state index in [0.29, 0.717) is 29.6 Å². The number of hydrogen-bond acceptors (Lipinski definition) is 6. The van der Waals surface area contributed by atoms with Crippen molar-refractivity contribution in [2.75, 3.05) is 12.3 Å². The van der Waals surface area contributed by atoms with Crippen molar-refractivity contribution < 1.29 is 15.3 Å². The summed E-state index contributed by atoms with van der Waals surface area (Å²) in [6, 6.07) is 13.7. The average molecular weight is 367 g/mol. The first-order chi connectivity index (χ1) is 12.9. The lowest BCUT2D eigenvalue weighted by Gasteiger charge is -2.08. The van der Waals surface area contributed by atoms with Crippen LogP contribution in [-0.4, -0.2) is 31.9 Å². The second-order valence-electron chi connectivity index (χ2n) is 6.51. The first-order valence-corrected chi connectivity index (χ1v) is 8.72. The Morgan fingerprint density at radius 3 is 2.15 bits per heavy atom. The Labute approximate surface area is 159 Å². The molecule has 0 saturated carbocycles. The van der Waals surface area contributed by atoms with Gasteiger partial charge >= 0.3 is 0 Å². The molecule has 0 atom stereocenters. The number of hydrogen-bond donors (Lipinski definition) is 4. The minimum atomic E-state index is 0.121. The highest BCUT2D eigenvalue weighted by atomic mass is 16.3. The number of aromatic nitrogens is 2. The van der Waals surface area contributed by atoms with Gasteiger partial charge in [0.05, 0.1) is 5.69 Å². The Kier molecular flexibility index (Phi) is 7.14. The highest BCUT2D eigenvalue weighted by molar-refractivity contribution is 5.76. The molecule has 0 aliphatic rings. The number of benzene rings is 2. The van der Waals surface area contributed by atoms with Crippen LogP contribution in [0.5, 0.6) is 11.5 Å². The van der Waals surface area contributed by atoms with Crippen LogP contribution in [-0.2, 0) is 0 Å². The molecule has 6 heteroatoms. The second-order valence-corrected chi connectivity index (χ2v) is 6.51. The van der Waals surface area contributed by atoms with E-state index in [-0.39, 0.29) is 11.5 Å². The molecule has 0 aliphatic heterocycles. The van der Waals surface area contributed by atoms with Crippen LogP contribution >= 0.6 is 0 Å². The summed E-state index contributed by atoms with van der Waals surface area (Å²) in [4.78, 5) is 7.97. The van der Waals surface area contributed by atoms with Crippen molar-refractivity contribution in [2.45, 2.75) is 20.3 Å². The summed E-state index contributed by atoms with van der Waals surface area (Å²) in [7, 11) is 0. The van der Waals surface area contributed by atoms with E-state index in [1.165, 1.54) is 6.33 Å². The number of aliphatic hydroxyl groups excluding tert-OH is 1. The monoisotopic (exact) mass is 367 g/mol. The summed E-state index contributed by atoms with van der Waals surface area (Å²) in [6.45, 7) is 4.52. The van der Waals surface area contributed by atoms with Crippen molar-refractivity contribution in [2.24, 2.45) is 5.92 Å². The largest absolute Gasteiger partial charge is 0.508 e. The van der Waals surface area contributed by atoms with Crippen LogP contribution in [0.3, 0.4) is 0 Å². The van der Waals surface area contributed by atoms with Gasteiger partial charge in [-0.1, -0.05) is 32.0 Å². The molecule has 6 nitrogen and oxygen atoms in total. The van der Waals surface area contributed by atoms with Gasteiger partial charge in [-0.15, -0.1) is 0 Å². The van der Waals surface area contributed by atoms with Crippen molar-refractivity contribution in [3.05, 3.63) is 54.9 Å². The zero-order valence-electron chi connectivity index (χ0n) is 15.5. The predicted molar refractivity (Wildman–Crippen MR) is 107 cm³/mol. The second kappa shape index (κ2) is 9.54. The third-order valence-corrected chi connectivity index (χ3v) is 3.87. The number of aliphatic hydroxyl groups is 1. The van der Waals surface area contributed by atoms with Gasteiger partial charge in [-0.05, 0) is 47.7 Å². The Balaban J connectivity index is 0.000000380. The first kappa shape index (κ1) is 20.2. The number of aromatic hydroxyl groups is 2. The number of nitrogen functional groups attached to an aromatic ring is 1. The maximum Gasteiger partial charge on any atom is 0.127 e. The van der Waals surface area contributed by atoms with Gasteiger partial charge < -0.3 is 21.1 Å². The van der Waals surface area contributed by atoms with E-state index in [4.69, 9.17) is 10.8 Å². The molecule has 0 aliphatic carbocycles. The van der Waals surface area contributed by atoms with Crippen LogP contribution in [0.25, 0.3) is 22.4 Å². The third-order valence-electron chi connectivity index (χ3n) is 3.87. The van der Waals surface area contributed by atoms with Gasteiger partial charge in [-0.2, -0.15) is 0 Å². The molecule has 142 valence electrons. The minimum Gasteiger partial charge on any atom is -0.508 e. The highest BCUT2D eigenvalue weighted by Gasteiger charge is 2.09. The van der Waals surface area contributed by atoms with E-state index in [1.807, 2.05) is 6.07 Å². The molecular weight excluding hydrogens is 342 g/mol. The van der Waals surface area contributed by atoms with Crippen molar-refractivity contribution in [1.82, 2.24) is 9.97 Å². The maximum absolute atomic E-state index is 10.0. The molecule has 0 unspecified atom stereocenters. The van der Waals surface area contributed by atoms with Crippen LogP contribution in [0.15, 0.2) is 54.9 Å². The third kappa shape index (κ3) is 5.97. The summed E-state index contributed by atoms with van der Waals surface area (Å²) >= 11 is 0. The quantitative estimate of drug-likeness (QED) is 0.557. The molecule has 0 bridgehead atoms. The Hall–Kier alpha value is -3.12. The van der Waals surface area contributed by atoms with E-state index in [0.717, 1.165) is 17.5 Å². The SMILES string of the molecule is CC(C)CCO.Nc1cc(-c2cc(-c3ccc(O)cc3)ccc2O)ncn1. The first-order valence-electron chi connectivity index (χ1n) is 8.72. The number of nitrogens with zero attached hydrogens (tertiary/aromatic N) is 2. The number of nitrogens with two attached hydrogens (primary N) is 1. The molecule has 0 amide bonds. The number of anilines is 1. The smallest absolute Gasteiger partial charge is 0.127 e. The van der Waals surface area contributed by atoms with Crippen molar-refractivity contribution in [1.29, 1.82) is 0 Å². The fourth-order valence-corrected chi connectivity index (χ4v) is 2.35. The fraction of sp³-hybridized carbons (Fsp3) is 0.238. The van der Waals surface area contributed by atoms with E-state index in [2.05, 4.69) is 23.8 Å². The molecule has 2 aromatic carbocycles. The van der Waals surface area contributed by atoms with E-state index >= 15 is 0 Å². The minimum absolute atomic E-state index is 0.121. The van der Waals surface area contributed by atoms with E-state index in [9.17, 15) is 10.2 Å². The van der Waals surface area contributed by atoms with Gasteiger partial charge in [0.25, 0.3) is 0 Å². The van der Waals surface area contributed by atoms with Crippen LogP contribution in [0.1, 0.15) is 20.3 Å². The van der Waals surface area contributed by atoms with Crippen LogP contribution in [0, 0.1) is 5.92 Å². The normalized spacial score (nSPS) is 10.4. The Bertz CT molecular complexity index is 865. The molecule has 0 fully saturated rings. The molecular formula is C21H25N3O3. The topological polar surface area (TPSA) is 112 Å². The summed E-state index contributed by atoms with van der Waals surface area (Å²) < 4.78 is 0. The molecule has 5 N–H and O–H groups in total. The standard InChI is InChI=1S/C16H13N3O2.C5H12O/c17-16-8-14(18-9-19-16)13-7-11(3-6-15(13)21)10-1-4-12(20)5-2-10;1-5(2)3-4-6/h1-9,20-21H,(H2,17,18,19);5-6H,3-4H2,1-2H3. The fourth-order valence-electron chi connectivity index (χ4n) is 2.35. The number of rotatable bonds is 4. The molecule has 1 aromatic heterocycles. The highest BCUT2D eigenvalue weighted by Crippen LogP contribution is 2.33. The maximum atomic E-state index is 10.0. The lowest BCUT2D eigenvalue weighted by atomic mass is 10.0. The van der Waals surface area contributed by atoms with Crippen molar-refractivity contribution in [3.63, 3.8) is 0 Å². The molecule has 3 rings (SSSR count). The van der Waals surface area contributed by atoms with Gasteiger partial charge in [0.1, 0.15) is 23.6 Å². The molecule has 3 aromatic rings. The zero-order chi connectivity index (χ0) is 19.8. The summed E-state index contributed by atoms with van der Waals surface area (Å²) in [5, 5.41) is 27.6. The summed E-state index contributed by atoms with van der Waals surface area (Å²) in [6.07, 6.45) is 2.29. The number of phenols is 2. The van der Waals surface area contributed by atoms with Gasteiger partial charge in [0, 0.05) is 18.2 Å². The summed E-state index contributed by atoms with van der Waals surface area (Å²) in [5.41, 5.74) is 8.62. The van der Waals surface area contributed by atoms with Crippen molar-refractivity contribution >= 4 is 5.82 Å². The Morgan fingerprint density at radius 1 is 0.926 bits per heavy atom. The lowest BCUT2D eigenvalue weighted by molar-refractivity contribution is 0.268. The van der Waals surface area contributed by atoms with E-state index in [1.54, 1.807) is 42.5 Å². The van der Waals surface area contributed by atoms with Gasteiger partial charge in [0.15, 0.2) is 0 Å². The summed E-state index contributed by atoms with van der Waals surface area (Å²) in [5.74, 6) is 1.32. The van der Waals surface area contributed by atoms with E-state index < -0.39 is 0 Å². The molecule has 0 saturated heterocycles. The zero-order valence-corrected chi connectivity index (χ0v) is 15.5. The average Bonchev–Trinajstić information content (AvgIpc) is 2.63. The number of phenolic OH excluding ortho intramolecular Hbond substituents is 2. The van der Waals surface area contributed by atoms with Gasteiger partial charge in [-0.3, -0.25) is 0 Å².